The third kappa shape index (κ3) is 3.82. The zero-order valence-electron chi connectivity index (χ0n) is 17.8. The van der Waals surface area contributed by atoms with Gasteiger partial charge in [-0.15, -0.1) is 0 Å². The molecule has 7 nitrogen and oxygen atoms in total. The molecule has 0 unspecified atom stereocenters. The summed E-state index contributed by atoms with van der Waals surface area (Å²) in [6.07, 6.45) is 5.74. The van der Waals surface area contributed by atoms with Gasteiger partial charge < -0.3 is 15.1 Å². The van der Waals surface area contributed by atoms with Gasteiger partial charge in [-0.3, -0.25) is 9.59 Å². The fourth-order valence-electron chi connectivity index (χ4n) is 4.54. The van der Waals surface area contributed by atoms with Crippen molar-refractivity contribution >= 4 is 34.4 Å². The SMILES string of the molecule is C=CC(=O)N1CCCc2cc(C(=O)N3CC[C@@H](Nc4ncc5ccccc5n4)C3)ccc21. The maximum atomic E-state index is 13.1. The van der Waals surface area contributed by atoms with Crippen molar-refractivity contribution in [2.24, 2.45) is 0 Å². The molecule has 3 heterocycles. The van der Waals surface area contributed by atoms with Crippen molar-refractivity contribution < 1.29 is 9.59 Å². The van der Waals surface area contributed by atoms with Gasteiger partial charge in [0.15, 0.2) is 0 Å². The quantitative estimate of drug-likeness (QED) is 0.646. The highest BCUT2D eigenvalue weighted by Crippen LogP contribution is 2.29. The summed E-state index contributed by atoms with van der Waals surface area (Å²) in [6, 6.07) is 13.6. The summed E-state index contributed by atoms with van der Waals surface area (Å²) in [6.45, 7) is 5.56. The highest BCUT2D eigenvalue weighted by Gasteiger charge is 2.29. The maximum absolute atomic E-state index is 13.1. The Hall–Kier alpha value is -3.74. The van der Waals surface area contributed by atoms with E-state index >= 15 is 0 Å². The van der Waals surface area contributed by atoms with Crippen molar-refractivity contribution in [3.8, 4) is 0 Å². The van der Waals surface area contributed by atoms with Crippen molar-refractivity contribution in [1.29, 1.82) is 0 Å². The number of hydrogen-bond donors (Lipinski definition) is 1. The van der Waals surface area contributed by atoms with Gasteiger partial charge in [-0.05, 0) is 55.2 Å². The standard InChI is InChI=1S/C25H25N5O2/c1-2-23(31)30-12-5-7-17-14-18(9-10-22(17)30)24(32)29-13-11-20(16-29)27-25-26-15-19-6-3-4-8-21(19)28-25/h2-4,6,8-10,14-15,20H,1,5,7,11-13,16H2,(H,26,27,28)/t20-/m1/s1. The van der Waals surface area contributed by atoms with E-state index in [2.05, 4.69) is 21.9 Å². The lowest BCUT2D eigenvalue weighted by molar-refractivity contribution is -0.114. The average Bonchev–Trinajstić information content (AvgIpc) is 3.30. The van der Waals surface area contributed by atoms with Gasteiger partial charge in [0.05, 0.1) is 5.52 Å². The first-order valence-electron chi connectivity index (χ1n) is 11.0. The Morgan fingerprint density at radius 1 is 1.16 bits per heavy atom. The molecule has 2 aromatic carbocycles. The van der Waals surface area contributed by atoms with Crippen molar-refractivity contribution in [3.63, 3.8) is 0 Å². The molecule has 1 atom stereocenters. The number of carbonyl (C=O) groups excluding carboxylic acids is 2. The Morgan fingerprint density at radius 3 is 2.91 bits per heavy atom. The molecule has 162 valence electrons. The molecule has 0 bridgehead atoms. The summed E-state index contributed by atoms with van der Waals surface area (Å²) in [7, 11) is 0. The minimum Gasteiger partial charge on any atom is -0.350 e. The lowest BCUT2D eigenvalue weighted by atomic mass is 9.98. The number of rotatable bonds is 4. The van der Waals surface area contributed by atoms with Crippen LogP contribution in [0.3, 0.4) is 0 Å². The van der Waals surface area contributed by atoms with Crippen LogP contribution in [0, 0.1) is 0 Å². The molecule has 1 saturated heterocycles. The molecule has 1 fully saturated rings. The highest BCUT2D eigenvalue weighted by atomic mass is 16.2. The fraction of sp³-hybridized carbons (Fsp3) is 0.280. The van der Waals surface area contributed by atoms with Gasteiger partial charge in [-0.25, -0.2) is 9.97 Å². The van der Waals surface area contributed by atoms with Crippen LogP contribution >= 0.6 is 0 Å². The third-order valence-corrected chi connectivity index (χ3v) is 6.18. The molecule has 0 spiro atoms. The number of amides is 2. The highest BCUT2D eigenvalue weighted by molar-refractivity contribution is 6.02. The molecule has 1 aromatic heterocycles. The number of para-hydroxylation sites is 1. The minimum absolute atomic E-state index is 0.0173. The van der Waals surface area contributed by atoms with E-state index < -0.39 is 0 Å². The Bertz CT molecular complexity index is 1210. The van der Waals surface area contributed by atoms with Gasteiger partial charge in [-0.1, -0.05) is 24.8 Å². The lowest BCUT2D eigenvalue weighted by Crippen LogP contribution is -2.35. The van der Waals surface area contributed by atoms with Crippen LogP contribution in [0.5, 0.6) is 0 Å². The van der Waals surface area contributed by atoms with Gasteiger partial charge in [0.2, 0.25) is 11.9 Å². The minimum atomic E-state index is -0.102. The Kier molecular flexibility index (Phi) is 5.31. The molecule has 0 aliphatic carbocycles. The Balaban J connectivity index is 1.27. The van der Waals surface area contributed by atoms with Crippen LogP contribution in [0.25, 0.3) is 10.9 Å². The van der Waals surface area contributed by atoms with Crippen LogP contribution in [0.4, 0.5) is 11.6 Å². The number of hydrogen-bond acceptors (Lipinski definition) is 5. The zero-order chi connectivity index (χ0) is 22.1. The van der Waals surface area contributed by atoms with Crippen LogP contribution in [0.2, 0.25) is 0 Å². The maximum Gasteiger partial charge on any atom is 0.253 e. The van der Waals surface area contributed by atoms with E-state index in [1.807, 2.05) is 53.6 Å². The first-order valence-corrected chi connectivity index (χ1v) is 11.0. The number of fused-ring (bicyclic) bond motifs is 2. The van der Waals surface area contributed by atoms with E-state index in [0.29, 0.717) is 31.1 Å². The van der Waals surface area contributed by atoms with E-state index in [0.717, 1.165) is 41.4 Å². The van der Waals surface area contributed by atoms with Crippen molar-refractivity contribution in [1.82, 2.24) is 14.9 Å². The number of anilines is 2. The Morgan fingerprint density at radius 2 is 2.03 bits per heavy atom. The number of likely N-dealkylation sites (tertiary alicyclic amines) is 1. The monoisotopic (exact) mass is 427 g/mol. The first-order chi connectivity index (χ1) is 15.6. The number of benzene rings is 2. The van der Waals surface area contributed by atoms with Crippen LogP contribution < -0.4 is 10.2 Å². The molecule has 2 aliphatic heterocycles. The second-order valence-electron chi connectivity index (χ2n) is 8.27. The molecule has 1 N–H and O–H groups in total. The van der Waals surface area contributed by atoms with E-state index in [-0.39, 0.29) is 17.9 Å². The summed E-state index contributed by atoms with van der Waals surface area (Å²) in [5, 5.41) is 4.38. The number of aryl methyl sites for hydroxylation is 1. The van der Waals surface area contributed by atoms with Crippen molar-refractivity contribution in [3.05, 3.63) is 72.4 Å². The molecule has 0 radical (unpaired) electrons. The zero-order valence-corrected chi connectivity index (χ0v) is 17.8. The molecule has 32 heavy (non-hydrogen) atoms. The molecule has 5 rings (SSSR count). The average molecular weight is 428 g/mol. The summed E-state index contributed by atoms with van der Waals surface area (Å²) in [5.41, 5.74) is 3.48. The molecule has 3 aromatic rings. The predicted octanol–water partition coefficient (Wildman–Crippen LogP) is 3.42. The number of nitrogens with one attached hydrogen (secondary N) is 1. The lowest BCUT2D eigenvalue weighted by Gasteiger charge is -2.29. The molecule has 7 heteroatoms. The molecule has 2 amide bonds. The van der Waals surface area contributed by atoms with Gasteiger partial charge in [0, 0.05) is 48.5 Å². The van der Waals surface area contributed by atoms with Gasteiger partial charge in [0.25, 0.3) is 5.91 Å². The number of nitrogens with zero attached hydrogens (tertiary/aromatic N) is 4. The van der Waals surface area contributed by atoms with Gasteiger partial charge >= 0.3 is 0 Å². The van der Waals surface area contributed by atoms with Gasteiger partial charge in [0.1, 0.15) is 0 Å². The van der Waals surface area contributed by atoms with E-state index in [1.165, 1.54) is 6.08 Å². The third-order valence-electron chi connectivity index (χ3n) is 6.18. The summed E-state index contributed by atoms with van der Waals surface area (Å²) >= 11 is 0. The van der Waals surface area contributed by atoms with Crippen LogP contribution in [0.1, 0.15) is 28.8 Å². The molecular weight excluding hydrogens is 402 g/mol. The second-order valence-corrected chi connectivity index (χ2v) is 8.27. The molecular formula is C25H25N5O2. The van der Waals surface area contributed by atoms with E-state index in [4.69, 9.17) is 0 Å². The van der Waals surface area contributed by atoms with E-state index in [9.17, 15) is 9.59 Å². The first kappa shape index (κ1) is 20.2. The smallest absolute Gasteiger partial charge is 0.253 e. The summed E-state index contributed by atoms with van der Waals surface area (Å²) < 4.78 is 0. The number of aromatic nitrogens is 2. The van der Waals surface area contributed by atoms with Gasteiger partial charge in [-0.2, -0.15) is 0 Å². The largest absolute Gasteiger partial charge is 0.350 e. The predicted molar refractivity (Wildman–Crippen MR) is 125 cm³/mol. The van der Waals surface area contributed by atoms with Crippen LogP contribution in [-0.2, 0) is 11.2 Å². The summed E-state index contributed by atoms with van der Waals surface area (Å²) in [4.78, 5) is 37.9. The molecule has 2 aliphatic rings. The number of carbonyl (C=O) groups is 2. The van der Waals surface area contributed by atoms with Crippen molar-refractivity contribution in [2.45, 2.75) is 25.3 Å². The Labute approximate surface area is 186 Å². The topological polar surface area (TPSA) is 78.4 Å². The molecule has 0 saturated carbocycles. The van der Waals surface area contributed by atoms with Crippen LogP contribution in [0.15, 0.2) is 61.3 Å². The second kappa shape index (κ2) is 8.42. The van der Waals surface area contributed by atoms with Crippen LogP contribution in [-0.4, -0.2) is 52.4 Å². The summed E-state index contributed by atoms with van der Waals surface area (Å²) in [5.74, 6) is 0.502. The van der Waals surface area contributed by atoms with E-state index in [1.54, 1.807) is 4.90 Å². The normalized spacial score (nSPS) is 17.8. The van der Waals surface area contributed by atoms with Crippen molar-refractivity contribution in [2.75, 3.05) is 29.9 Å². The fourth-order valence-corrected chi connectivity index (χ4v) is 4.54.